The Morgan fingerprint density at radius 1 is 1.15 bits per heavy atom. The molecule has 1 amide bonds. The number of carboxylic acids is 1. The number of anilines is 1. The number of carbonyl (C=O) groups is 2. The summed E-state index contributed by atoms with van der Waals surface area (Å²) >= 11 is 4.30. The second kappa shape index (κ2) is 8.87. The molecule has 1 unspecified atom stereocenters. The number of benzene rings is 1. The average Bonchev–Trinajstić information content (AvgIpc) is 3.26. The van der Waals surface area contributed by atoms with Gasteiger partial charge in [-0.3, -0.25) is 10.1 Å². The molecule has 1 atom stereocenters. The maximum atomic E-state index is 12.5. The fraction of sp³-hybridized carbons (Fsp3) is 0.240. The minimum Gasteiger partial charge on any atom is -0.481 e. The molecule has 1 aliphatic carbocycles. The Bertz CT molecular complexity index is 1420. The molecule has 2 N–H and O–H groups in total. The molecule has 9 heteroatoms. The van der Waals surface area contributed by atoms with Gasteiger partial charge in [-0.25, -0.2) is 4.79 Å². The molecule has 0 saturated heterocycles. The summed E-state index contributed by atoms with van der Waals surface area (Å²) in [5.41, 5.74) is 1.47. The summed E-state index contributed by atoms with van der Waals surface area (Å²) in [7, 11) is 0. The van der Waals surface area contributed by atoms with Crippen LogP contribution < -0.4 is 5.32 Å². The number of hydrogen-bond acceptors (Lipinski definition) is 7. The van der Waals surface area contributed by atoms with Gasteiger partial charge in [0.15, 0.2) is 0 Å². The molecule has 5 rings (SSSR count). The van der Waals surface area contributed by atoms with Gasteiger partial charge in [-0.05, 0) is 67.8 Å². The Labute approximate surface area is 208 Å². The van der Waals surface area contributed by atoms with Crippen molar-refractivity contribution in [2.24, 2.45) is 0 Å². The Balaban J connectivity index is 1.30. The van der Waals surface area contributed by atoms with Crippen LogP contribution in [0.25, 0.3) is 9.40 Å². The van der Waals surface area contributed by atoms with Crippen molar-refractivity contribution in [3.63, 3.8) is 0 Å². The third-order valence-corrected chi connectivity index (χ3v) is 9.05. The lowest BCUT2D eigenvalue weighted by Gasteiger charge is -2.14. The van der Waals surface area contributed by atoms with Crippen LogP contribution in [0.15, 0.2) is 42.5 Å². The second-order valence-electron chi connectivity index (χ2n) is 8.14. The van der Waals surface area contributed by atoms with Gasteiger partial charge in [0.2, 0.25) is 0 Å². The predicted octanol–water partition coefficient (Wildman–Crippen LogP) is 6.55. The van der Waals surface area contributed by atoms with Gasteiger partial charge in [-0.15, -0.1) is 22.7 Å². The number of fused-ring (bicyclic) bond motifs is 1. The van der Waals surface area contributed by atoms with Crippen molar-refractivity contribution in [1.29, 1.82) is 0 Å². The number of rotatable bonds is 5. The van der Waals surface area contributed by atoms with Gasteiger partial charge in [-0.2, -0.15) is 4.37 Å². The molecular weight excluding hydrogens is 488 g/mol. The third kappa shape index (κ3) is 4.32. The number of carboxylic acid groups (broad SMARTS) is 1. The number of nitrogens with one attached hydrogen (secondary N) is 1. The first-order valence-electron chi connectivity index (χ1n) is 10.6. The van der Waals surface area contributed by atoms with E-state index in [1.54, 1.807) is 11.3 Å². The number of aromatic nitrogens is 1. The van der Waals surface area contributed by atoms with E-state index in [1.807, 2.05) is 56.3 Å². The van der Waals surface area contributed by atoms with Crippen molar-refractivity contribution >= 4 is 61.4 Å². The van der Waals surface area contributed by atoms with E-state index in [2.05, 4.69) is 21.5 Å². The standard InChI is InChI=1S/C25H20N2O4S3/c1-14-22(26-24(30)31-15(2)16-6-4-3-5-7-16)18(34-27-14)9-8-17-12-19-20(32-17)13-21(33-19)25(10-11-25)23(28)29/h3-7,12-13,15H,10-11H2,1-2H3,(H,26,30)(H,28,29). The Morgan fingerprint density at radius 2 is 1.88 bits per heavy atom. The van der Waals surface area contributed by atoms with E-state index in [-0.39, 0.29) is 6.10 Å². The summed E-state index contributed by atoms with van der Waals surface area (Å²) in [5.74, 6) is 5.55. The van der Waals surface area contributed by atoms with Crippen LogP contribution in [0.5, 0.6) is 0 Å². The van der Waals surface area contributed by atoms with E-state index in [0.29, 0.717) is 29.1 Å². The zero-order valence-corrected chi connectivity index (χ0v) is 20.8. The molecule has 3 heterocycles. The van der Waals surface area contributed by atoms with Crippen LogP contribution in [0.1, 0.15) is 51.8 Å². The van der Waals surface area contributed by atoms with Crippen molar-refractivity contribution in [3.8, 4) is 11.8 Å². The summed E-state index contributed by atoms with van der Waals surface area (Å²) in [4.78, 5) is 26.5. The van der Waals surface area contributed by atoms with E-state index in [1.165, 1.54) is 22.9 Å². The normalized spacial score (nSPS) is 14.8. The van der Waals surface area contributed by atoms with Gasteiger partial charge in [-0.1, -0.05) is 30.3 Å². The molecule has 0 bridgehead atoms. The van der Waals surface area contributed by atoms with Crippen LogP contribution in [0, 0.1) is 18.8 Å². The van der Waals surface area contributed by atoms with Crippen molar-refractivity contribution in [2.45, 2.75) is 38.2 Å². The molecule has 1 aromatic carbocycles. The summed E-state index contributed by atoms with van der Waals surface area (Å²) < 4.78 is 11.9. The van der Waals surface area contributed by atoms with Crippen molar-refractivity contribution in [3.05, 3.63) is 68.4 Å². The lowest BCUT2D eigenvalue weighted by atomic mass is 10.1. The number of ether oxygens (including phenoxy) is 1. The monoisotopic (exact) mass is 508 g/mol. The van der Waals surface area contributed by atoms with E-state index >= 15 is 0 Å². The number of amides is 1. The van der Waals surface area contributed by atoms with Crippen LogP contribution in [-0.4, -0.2) is 21.5 Å². The minimum atomic E-state index is -0.737. The van der Waals surface area contributed by atoms with Crippen molar-refractivity contribution in [1.82, 2.24) is 4.37 Å². The molecule has 172 valence electrons. The van der Waals surface area contributed by atoms with Crippen LogP contribution in [0.3, 0.4) is 0 Å². The lowest BCUT2D eigenvalue weighted by Crippen LogP contribution is -2.17. The highest BCUT2D eigenvalue weighted by atomic mass is 32.1. The largest absolute Gasteiger partial charge is 0.481 e. The van der Waals surface area contributed by atoms with Crippen LogP contribution >= 0.6 is 34.2 Å². The molecule has 1 aliphatic rings. The molecule has 4 aromatic rings. The third-order valence-electron chi connectivity index (χ3n) is 5.78. The van der Waals surface area contributed by atoms with Crippen molar-refractivity contribution < 1.29 is 19.4 Å². The van der Waals surface area contributed by atoms with Gasteiger partial charge >= 0.3 is 12.1 Å². The summed E-state index contributed by atoms with van der Waals surface area (Å²) in [5, 5.41) is 12.3. The molecule has 0 spiro atoms. The number of nitrogens with zero attached hydrogens (tertiary/aromatic N) is 1. The van der Waals surface area contributed by atoms with E-state index < -0.39 is 17.5 Å². The smallest absolute Gasteiger partial charge is 0.412 e. The summed E-state index contributed by atoms with van der Waals surface area (Å²) in [6, 6.07) is 13.5. The first kappa shape index (κ1) is 22.6. The number of aliphatic carboxylic acids is 1. The highest BCUT2D eigenvalue weighted by Crippen LogP contribution is 2.52. The van der Waals surface area contributed by atoms with Gasteiger partial charge in [0.05, 0.1) is 16.3 Å². The van der Waals surface area contributed by atoms with Crippen LogP contribution in [-0.2, 0) is 14.9 Å². The number of aryl methyl sites for hydroxylation is 1. The molecule has 0 radical (unpaired) electrons. The van der Waals surface area contributed by atoms with E-state index in [9.17, 15) is 14.7 Å². The molecule has 0 aliphatic heterocycles. The van der Waals surface area contributed by atoms with Gasteiger partial charge < -0.3 is 9.84 Å². The summed E-state index contributed by atoms with van der Waals surface area (Å²) in [6.45, 7) is 3.64. The van der Waals surface area contributed by atoms with Crippen LogP contribution in [0.4, 0.5) is 10.5 Å². The van der Waals surface area contributed by atoms with Crippen LogP contribution in [0.2, 0.25) is 0 Å². The highest BCUT2D eigenvalue weighted by Gasteiger charge is 2.53. The maximum absolute atomic E-state index is 12.5. The molecule has 34 heavy (non-hydrogen) atoms. The number of hydrogen-bond donors (Lipinski definition) is 2. The molecule has 6 nitrogen and oxygen atoms in total. The van der Waals surface area contributed by atoms with E-state index in [0.717, 1.165) is 24.7 Å². The van der Waals surface area contributed by atoms with Gasteiger partial charge in [0.25, 0.3) is 0 Å². The Morgan fingerprint density at radius 3 is 2.56 bits per heavy atom. The lowest BCUT2D eigenvalue weighted by molar-refractivity contribution is -0.139. The molecule has 3 aromatic heterocycles. The Kier molecular flexibility index (Phi) is 5.90. The maximum Gasteiger partial charge on any atom is 0.412 e. The van der Waals surface area contributed by atoms with Crippen molar-refractivity contribution in [2.75, 3.05) is 5.32 Å². The SMILES string of the molecule is Cc1nsc(C#Cc2cc3sc(C4(C(=O)O)CC4)cc3s2)c1NC(=O)OC(C)c1ccccc1. The predicted molar refractivity (Wildman–Crippen MR) is 136 cm³/mol. The zero-order chi connectivity index (χ0) is 23.9. The fourth-order valence-corrected chi connectivity index (χ4v) is 6.82. The highest BCUT2D eigenvalue weighted by molar-refractivity contribution is 7.28. The van der Waals surface area contributed by atoms with E-state index in [4.69, 9.17) is 4.74 Å². The Hall–Kier alpha value is -3.19. The minimum absolute atomic E-state index is 0.387. The van der Waals surface area contributed by atoms with Gasteiger partial charge in [0.1, 0.15) is 16.4 Å². The number of carbonyl (C=O) groups excluding carboxylic acids is 1. The molecule has 1 saturated carbocycles. The average molecular weight is 509 g/mol. The van der Waals surface area contributed by atoms with Gasteiger partial charge in [0, 0.05) is 14.3 Å². The number of thiophene rings is 2. The summed E-state index contributed by atoms with van der Waals surface area (Å²) in [6.07, 6.45) is 0.466. The molecule has 1 fully saturated rings. The quantitative estimate of drug-likeness (QED) is 0.298. The first-order valence-corrected chi connectivity index (χ1v) is 13.0. The zero-order valence-electron chi connectivity index (χ0n) is 18.4. The molecular formula is C25H20N2O4S3. The fourth-order valence-electron chi connectivity index (χ4n) is 3.63. The topological polar surface area (TPSA) is 88.5 Å². The second-order valence-corrected chi connectivity index (χ2v) is 11.1. The first-order chi connectivity index (χ1) is 16.4.